The molecule has 1 heterocycles. The second-order valence-electron chi connectivity index (χ2n) is 6.35. The zero-order valence-corrected chi connectivity index (χ0v) is 13.3. The third-order valence-electron chi connectivity index (χ3n) is 5.01. The van der Waals surface area contributed by atoms with Gasteiger partial charge in [0.1, 0.15) is 0 Å². The average Bonchev–Trinajstić information content (AvgIpc) is 3.05. The molecule has 1 saturated heterocycles. The monoisotopic (exact) mass is 295 g/mol. The molecule has 0 radical (unpaired) electrons. The van der Waals surface area contributed by atoms with Crippen molar-refractivity contribution in [2.75, 3.05) is 13.1 Å². The van der Waals surface area contributed by atoms with Gasteiger partial charge in [0.25, 0.3) is 0 Å². The van der Waals surface area contributed by atoms with Gasteiger partial charge in [0, 0.05) is 19.0 Å². The Kier molecular flexibility index (Phi) is 4.60. The van der Waals surface area contributed by atoms with Gasteiger partial charge in [0.05, 0.1) is 5.60 Å². The maximum atomic E-state index is 11.2. The van der Waals surface area contributed by atoms with E-state index in [4.69, 9.17) is 0 Å². The standard InChI is InChI=1S/C20H25NO/c1-2-20(22,18-11-7-4-8-12-18)19-13-14-21(16-19)15-17-9-5-3-6-10-17/h3-12,19,22H,2,13-16H2,1H3/t19-,20-/m1/s1. The lowest BCUT2D eigenvalue weighted by molar-refractivity contribution is -0.0244. The first-order valence-electron chi connectivity index (χ1n) is 8.26. The molecule has 0 saturated carbocycles. The minimum atomic E-state index is -0.702. The van der Waals surface area contributed by atoms with Crippen LogP contribution in [0.5, 0.6) is 0 Å². The number of benzene rings is 2. The van der Waals surface area contributed by atoms with Crippen LogP contribution >= 0.6 is 0 Å². The Bertz CT molecular complexity index is 583. The number of hydrogen-bond donors (Lipinski definition) is 1. The molecule has 1 fully saturated rings. The Morgan fingerprint density at radius 2 is 1.68 bits per heavy atom. The van der Waals surface area contributed by atoms with Gasteiger partial charge in [-0.15, -0.1) is 0 Å². The third-order valence-corrected chi connectivity index (χ3v) is 5.01. The van der Waals surface area contributed by atoms with E-state index in [0.29, 0.717) is 5.92 Å². The van der Waals surface area contributed by atoms with Gasteiger partial charge in [-0.2, -0.15) is 0 Å². The first kappa shape index (κ1) is 15.3. The predicted octanol–water partition coefficient (Wildman–Crippen LogP) is 3.81. The molecule has 1 N–H and O–H groups in total. The number of likely N-dealkylation sites (tertiary alicyclic amines) is 1. The highest BCUT2D eigenvalue weighted by atomic mass is 16.3. The van der Waals surface area contributed by atoms with E-state index in [1.54, 1.807) is 0 Å². The van der Waals surface area contributed by atoms with Gasteiger partial charge in [-0.05, 0) is 30.5 Å². The fraction of sp³-hybridized carbons (Fsp3) is 0.400. The van der Waals surface area contributed by atoms with Crippen molar-refractivity contribution in [1.29, 1.82) is 0 Å². The molecule has 0 unspecified atom stereocenters. The van der Waals surface area contributed by atoms with E-state index in [-0.39, 0.29) is 0 Å². The van der Waals surface area contributed by atoms with Crippen LogP contribution in [-0.4, -0.2) is 23.1 Å². The Morgan fingerprint density at radius 3 is 2.32 bits per heavy atom. The van der Waals surface area contributed by atoms with Crippen molar-refractivity contribution in [1.82, 2.24) is 4.90 Å². The molecule has 0 amide bonds. The molecular formula is C20H25NO. The van der Waals surface area contributed by atoms with Crippen LogP contribution in [0.25, 0.3) is 0 Å². The van der Waals surface area contributed by atoms with Gasteiger partial charge in [-0.1, -0.05) is 67.6 Å². The summed E-state index contributed by atoms with van der Waals surface area (Å²) in [7, 11) is 0. The highest BCUT2D eigenvalue weighted by Gasteiger charge is 2.40. The van der Waals surface area contributed by atoms with Gasteiger partial charge in [0.2, 0.25) is 0 Å². The van der Waals surface area contributed by atoms with Gasteiger partial charge >= 0.3 is 0 Å². The van der Waals surface area contributed by atoms with E-state index in [1.165, 1.54) is 5.56 Å². The Morgan fingerprint density at radius 1 is 1.05 bits per heavy atom. The molecule has 2 aromatic carbocycles. The smallest absolute Gasteiger partial charge is 0.0934 e. The highest BCUT2D eigenvalue weighted by molar-refractivity contribution is 5.24. The van der Waals surface area contributed by atoms with Crippen molar-refractivity contribution in [3.63, 3.8) is 0 Å². The van der Waals surface area contributed by atoms with E-state index < -0.39 is 5.60 Å². The largest absolute Gasteiger partial charge is 0.385 e. The van der Waals surface area contributed by atoms with Gasteiger partial charge in [-0.25, -0.2) is 0 Å². The normalized spacial score (nSPS) is 21.6. The van der Waals surface area contributed by atoms with Crippen LogP contribution in [0.4, 0.5) is 0 Å². The first-order chi connectivity index (χ1) is 10.7. The van der Waals surface area contributed by atoms with Crippen LogP contribution in [0.3, 0.4) is 0 Å². The molecule has 2 heteroatoms. The van der Waals surface area contributed by atoms with E-state index in [9.17, 15) is 5.11 Å². The Balaban J connectivity index is 1.71. The lowest BCUT2D eigenvalue weighted by atomic mass is 9.79. The predicted molar refractivity (Wildman–Crippen MR) is 90.5 cm³/mol. The molecule has 3 rings (SSSR count). The zero-order chi connectivity index (χ0) is 15.4. The quantitative estimate of drug-likeness (QED) is 0.907. The molecule has 2 aromatic rings. The second-order valence-corrected chi connectivity index (χ2v) is 6.35. The third kappa shape index (κ3) is 3.08. The minimum Gasteiger partial charge on any atom is -0.385 e. The van der Waals surface area contributed by atoms with E-state index >= 15 is 0 Å². The van der Waals surface area contributed by atoms with E-state index in [1.807, 2.05) is 18.2 Å². The maximum Gasteiger partial charge on any atom is 0.0934 e. The lowest BCUT2D eigenvalue weighted by Crippen LogP contribution is -2.36. The first-order valence-corrected chi connectivity index (χ1v) is 8.26. The summed E-state index contributed by atoms with van der Waals surface area (Å²) in [4.78, 5) is 2.46. The van der Waals surface area contributed by atoms with Crippen LogP contribution in [-0.2, 0) is 12.1 Å². The molecule has 0 aromatic heterocycles. The van der Waals surface area contributed by atoms with E-state index in [2.05, 4.69) is 54.3 Å². The van der Waals surface area contributed by atoms with Gasteiger partial charge < -0.3 is 5.11 Å². The maximum absolute atomic E-state index is 11.2. The van der Waals surface area contributed by atoms with Crippen LogP contribution in [0.1, 0.15) is 30.9 Å². The Hall–Kier alpha value is -1.64. The summed E-state index contributed by atoms with van der Waals surface area (Å²) in [5.74, 6) is 0.309. The highest BCUT2D eigenvalue weighted by Crippen LogP contribution is 2.38. The zero-order valence-electron chi connectivity index (χ0n) is 13.3. The van der Waals surface area contributed by atoms with Crippen molar-refractivity contribution in [3.05, 3.63) is 71.8 Å². The van der Waals surface area contributed by atoms with Crippen LogP contribution < -0.4 is 0 Å². The fourth-order valence-corrected chi connectivity index (χ4v) is 3.66. The van der Waals surface area contributed by atoms with Crippen LogP contribution in [0.15, 0.2) is 60.7 Å². The minimum absolute atomic E-state index is 0.309. The second kappa shape index (κ2) is 6.64. The molecule has 0 aliphatic carbocycles. The summed E-state index contributed by atoms with van der Waals surface area (Å²) in [5, 5.41) is 11.2. The van der Waals surface area contributed by atoms with Crippen molar-refractivity contribution in [2.45, 2.75) is 31.9 Å². The van der Waals surface area contributed by atoms with Gasteiger partial charge in [-0.3, -0.25) is 4.90 Å². The summed E-state index contributed by atoms with van der Waals surface area (Å²) in [6, 6.07) is 20.8. The Labute approximate surface area is 133 Å². The van der Waals surface area contributed by atoms with Gasteiger partial charge in [0.15, 0.2) is 0 Å². The molecule has 1 aliphatic rings. The molecule has 2 atom stereocenters. The molecule has 0 spiro atoms. The fourth-order valence-electron chi connectivity index (χ4n) is 3.66. The molecule has 116 valence electrons. The van der Waals surface area contributed by atoms with E-state index in [0.717, 1.165) is 38.0 Å². The summed E-state index contributed by atoms with van der Waals surface area (Å²) in [6.07, 6.45) is 1.83. The topological polar surface area (TPSA) is 23.5 Å². The lowest BCUT2D eigenvalue weighted by Gasteiger charge is -2.34. The SMILES string of the molecule is CC[C@@](O)(c1ccccc1)[C@@H]1CCN(Cc2ccccc2)C1. The summed E-state index contributed by atoms with van der Waals surface area (Å²) < 4.78 is 0. The number of nitrogens with zero attached hydrogens (tertiary/aromatic N) is 1. The summed E-state index contributed by atoms with van der Waals surface area (Å²) in [5.41, 5.74) is 1.71. The summed E-state index contributed by atoms with van der Waals surface area (Å²) in [6.45, 7) is 5.10. The van der Waals surface area contributed by atoms with Crippen LogP contribution in [0.2, 0.25) is 0 Å². The van der Waals surface area contributed by atoms with Crippen LogP contribution in [0, 0.1) is 5.92 Å². The molecule has 1 aliphatic heterocycles. The van der Waals surface area contributed by atoms with Crippen molar-refractivity contribution < 1.29 is 5.11 Å². The molecule has 2 nitrogen and oxygen atoms in total. The van der Waals surface area contributed by atoms with Crippen molar-refractivity contribution >= 4 is 0 Å². The molecule has 22 heavy (non-hydrogen) atoms. The van der Waals surface area contributed by atoms with Crippen molar-refractivity contribution in [3.8, 4) is 0 Å². The average molecular weight is 295 g/mol. The number of rotatable bonds is 5. The van der Waals surface area contributed by atoms with Crippen molar-refractivity contribution in [2.24, 2.45) is 5.92 Å². The molecular weight excluding hydrogens is 270 g/mol. The summed E-state index contributed by atoms with van der Waals surface area (Å²) >= 11 is 0. The number of hydrogen-bond acceptors (Lipinski definition) is 2. The number of aliphatic hydroxyl groups is 1. The molecule has 0 bridgehead atoms.